The largest absolute Gasteiger partial charge is 0.462 e. The van der Waals surface area contributed by atoms with Crippen LogP contribution in [-0.2, 0) is 28.6 Å². The van der Waals surface area contributed by atoms with Gasteiger partial charge in [0.2, 0.25) is 0 Å². The second-order valence-electron chi connectivity index (χ2n) is 22.9. The van der Waals surface area contributed by atoms with E-state index in [1.165, 1.54) is 231 Å². The van der Waals surface area contributed by atoms with Gasteiger partial charge in [0.1, 0.15) is 13.2 Å². The summed E-state index contributed by atoms with van der Waals surface area (Å²) in [6, 6.07) is 0. The first-order chi connectivity index (χ1) is 33.6. The monoisotopic (exact) mass is 975 g/mol. The number of carbonyl (C=O) groups excluding carboxylic acids is 3. The van der Waals surface area contributed by atoms with Crippen molar-refractivity contribution in [3.8, 4) is 0 Å². The molecule has 0 aromatic rings. The topological polar surface area (TPSA) is 78.9 Å². The van der Waals surface area contributed by atoms with Crippen LogP contribution in [0.3, 0.4) is 0 Å². The number of carbonyl (C=O) groups is 3. The molecule has 410 valence electrons. The molecule has 1 unspecified atom stereocenters. The van der Waals surface area contributed by atoms with Crippen LogP contribution in [0.1, 0.15) is 350 Å². The van der Waals surface area contributed by atoms with Gasteiger partial charge in [0.25, 0.3) is 0 Å². The van der Waals surface area contributed by atoms with E-state index in [0.717, 1.165) is 75.5 Å². The van der Waals surface area contributed by atoms with Crippen LogP contribution in [0.25, 0.3) is 0 Å². The van der Waals surface area contributed by atoms with Crippen LogP contribution >= 0.6 is 0 Å². The van der Waals surface area contributed by atoms with Gasteiger partial charge in [-0.1, -0.05) is 311 Å². The van der Waals surface area contributed by atoms with E-state index in [1.54, 1.807) is 0 Å². The fraction of sp³-hybridized carbons (Fsp3) is 0.952. The summed E-state index contributed by atoms with van der Waals surface area (Å²) in [6.07, 6.45) is 58.1. The molecule has 0 saturated carbocycles. The first-order valence-corrected chi connectivity index (χ1v) is 31.1. The average Bonchev–Trinajstić information content (AvgIpc) is 3.32. The first kappa shape index (κ1) is 67.4. The van der Waals surface area contributed by atoms with E-state index in [1.807, 2.05) is 0 Å². The smallest absolute Gasteiger partial charge is 0.306 e. The number of hydrogen-bond acceptors (Lipinski definition) is 6. The van der Waals surface area contributed by atoms with Gasteiger partial charge in [0.15, 0.2) is 6.10 Å². The quantitative estimate of drug-likeness (QED) is 0.0343. The molecule has 0 fully saturated rings. The summed E-state index contributed by atoms with van der Waals surface area (Å²) in [5.74, 6) is 1.73. The summed E-state index contributed by atoms with van der Waals surface area (Å²) < 4.78 is 16.9. The Bertz CT molecular complexity index is 1070. The van der Waals surface area contributed by atoms with Crippen molar-refractivity contribution in [2.45, 2.75) is 356 Å². The normalized spacial score (nSPS) is 12.5. The van der Waals surface area contributed by atoms with E-state index in [-0.39, 0.29) is 31.1 Å². The van der Waals surface area contributed by atoms with Crippen LogP contribution in [0.2, 0.25) is 0 Å². The number of rotatable bonds is 56. The molecule has 0 spiro atoms. The van der Waals surface area contributed by atoms with Gasteiger partial charge in [-0.3, -0.25) is 14.4 Å². The third kappa shape index (κ3) is 55.6. The fourth-order valence-electron chi connectivity index (χ4n) is 9.67. The Kier molecular flexibility index (Phi) is 52.9. The Hall–Kier alpha value is -1.59. The zero-order chi connectivity index (χ0) is 50.5. The fourth-order valence-corrected chi connectivity index (χ4v) is 9.67. The highest BCUT2D eigenvalue weighted by atomic mass is 16.6. The highest BCUT2D eigenvalue weighted by Crippen LogP contribution is 2.19. The molecule has 0 aliphatic rings. The lowest BCUT2D eigenvalue weighted by molar-refractivity contribution is -0.167. The van der Waals surface area contributed by atoms with Crippen molar-refractivity contribution in [3.63, 3.8) is 0 Å². The molecule has 0 N–H and O–H groups in total. The molecule has 0 aliphatic heterocycles. The molecule has 0 saturated heterocycles. The third-order valence-corrected chi connectivity index (χ3v) is 14.8. The van der Waals surface area contributed by atoms with E-state index in [2.05, 4.69) is 41.5 Å². The number of unbranched alkanes of at least 4 members (excludes halogenated alkanes) is 38. The lowest BCUT2D eigenvalue weighted by Gasteiger charge is -2.18. The molecule has 0 radical (unpaired) electrons. The molecule has 6 nitrogen and oxygen atoms in total. The lowest BCUT2D eigenvalue weighted by atomic mass is 9.99. The Labute approximate surface area is 431 Å². The standard InChI is InChI=1S/C63H122O6/c1-7-59(6)51-45-39-33-27-20-16-12-10-8-9-11-13-17-21-28-34-40-46-52-61(64)67-55-60(69-63(66)54-48-42-36-30-24-23-26-32-38-44-50-58(4)5)56-68-62(65)53-47-41-35-29-22-18-14-15-19-25-31-37-43-49-57(2)3/h57-60H,7-56H2,1-6H3/t59?,60-/m1/s1. The van der Waals surface area contributed by atoms with Crippen LogP contribution in [0.4, 0.5) is 0 Å². The minimum Gasteiger partial charge on any atom is -0.462 e. The van der Waals surface area contributed by atoms with Crippen LogP contribution < -0.4 is 0 Å². The molecule has 0 aliphatic carbocycles. The van der Waals surface area contributed by atoms with Crippen molar-refractivity contribution < 1.29 is 28.6 Å². The maximum absolute atomic E-state index is 12.9. The van der Waals surface area contributed by atoms with Gasteiger partial charge in [-0.25, -0.2) is 0 Å². The number of ether oxygens (including phenoxy) is 3. The Morgan fingerprint density at radius 3 is 0.754 bits per heavy atom. The summed E-state index contributed by atoms with van der Waals surface area (Å²) in [7, 11) is 0. The zero-order valence-corrected chi connectivity index (χ0v) is 47.6. The molecule has 2 atom stereocenters. The van der Waals surface area contributed by atoms with Crippen molar-refractivity contribution in [3.05, 3.63) is 0 Å². The second-order valence-corrected chi connectivity index (χ2v) is 22.9. The van der Waals surface area contributed by atoms with Crippen molar-refractivity contribution in [1.82, 2.24) is 0 Å². The predicted molar refractivity (Wildman–Crippen MR) is 298 cm³/mol. The van der Waals surface area contributed by atoms with Gasteiger partial charge in [-0.2, -0.15) is 0 Å². The molecule has 6 heteroatoms. The molecule has 0 aromatic heterocycles. The summed E-state index contributed by atoms with van der Waals surface area (Å²) in [4.78, 5) is 38.2. The lowest BCUT2D eigenvalue weighted by Crippen LogP contribution is -2.30. The van der Waals surface area contributed by atoms with Crippen molar-refractivity contribution in [2.75, 3.05) is 13.2 Å². The molecule has 0 heterocycles. The molecule has 0 rings (SSSR count). The zero-order valence-electron chi connectivity index (χ0n) is 47.6. The maximum atomic E-state index is 12.9. The first-order valence-electron chi connectivity index (χ1n) is 31.1. The van der Waals surface area contributed by atoms with Crippen LogP contribution in [-0.4, -0.2) is 37.2 Å². The van der Waals surface area contributed by atoms with Gasteiger partial charge >= 0.3 is 17.9 Å². The van der Waals surface area contributed by atoms with Crippen molar-refractivity contribution in [2.24, 2.45) is 17.8 Å². The van der Waals surface area contributed by atoms with Gasteiger partial charge < -0.3 is 14.2 Å². The van der Waals surface area contributed by atoms with Crippen molar-refractivity contribution in [1.29, 1.82) is 0 Å². The van der Waals surface area contributed by atoms with E-state index in [0.29, 0.717) is 19.3 Å². The Morgan fingerprint density at radius 2 is 0.507 bits per heavy atom. The third-order valence-electron chi connectivity index (χ3n) is 14.8. The van der Waals surface area contributed by atoms with E-state index >= 15 is 0 Å². The SMILES string of the molecule is CCC(C)CCCCCCCCCCCCCCCCCCCCC(=O)OC[C@H](COC(=O)CCCCCCCCCCCCCCCC(C)C)OC(=O)CCCCCCCCCCCCC(C)C. The van der Waals surface area contributed by atoms with Gasteiger partial charge in [-0.15, -0.1) is 0 Å². The van der Waals surface area contributed by atoms with Crippen molar-refractivity contribution >= 4 is 17.9 Å². The van der Waals surface area contributed by atoms with Gasteiger partial charge in [0, 0.05) is 19.3 Å². The molecular weight excluding hydrogens is 853 g/mol. The average molecular weight is 976 g/mol. The van der Waals surface area contributed by atoms with Gasteiger partial charge in [-0.05, 0) is 37.0 Å². The molecular formula is C63H122O6. The maximum Gasteiger partial charge on any atom is 0.306 e. The van der Waals surface area contributed by atoms with E-state index < -0.39 is 6.10 Å². The predicted octanol–water partition coefficient (Wildman–Crippen LogP) is 20.7. The summed E-state index contributed by atoms with van der Waals surface area (Å²) in [6.45, 7) is 13.8. The Balaban J connectivity index is 4.23. The molecule has 0 aromatic carbocycles. The molecule has 0 amide bonds. The van der Waals surface area contributed by atoms with E-state index in [4.69, 9.17) is 14.2 Å². The molecule has 0 bridgehead atoms. The number of esters is 3. The van der Waals surface area contributed by atoms with Gasteiger partial charge in [0.05, 0.1) is 0 Å². The van der Waals surface area contributed by atoms with E-state index in [9.17, 15) is 14.4 Å². The highest BCUT2D eigenvalue weighted by molar-refractivity contribution is 5.71. The van der Waals surface area contributed by atoms with Crippen LogP contribution in [0.5, 0.6) is 0 Å². The number of hydrogen-bond donors (Lipinski definition) is 0. The highest BCUT2D eigenvalue weighted by Gasteiger charge is 2.19. The molecule has 69 heavy (non-hydrogen) atoms. The van der Waals surface area contributed by atoms with Crippen LogP contribution in [0, 0.1) is 17.8 Å². The van der Waals surface area contributed by atoms with Crippen LogP contribution in [0.15, 0.2) is 0 Å². The minimum absolute atomic E-state index is 0.0631. The minimum atomic E-state index is -0.764. The Morgan fingerprint density at radius 1 is 0.290 bits per heavy atom. The second kappa shape index (κ2) is 54.2. The summed E-state index contributed by atoms with van der Waals surface area (Å²) in [5, 5.41) is 0. The summed E-state index contributed by atoms with van der Waals surface area (Å²) >= 11 is 0. The summed E-state index contributed by atoms with van der Waals surface area (Å²) in [5.41, 5.74) is 0.